The smallest absolute Gasteiger partial charge is 0.338 e. The van der Waals surface area contributed by atoms with Crippen LogP contribution in [-0.2, 0) is 9.53 Å². The molecule has 0 radical (unpaired) electrons. The summed E-state index contributed by atoms with van der Waals surface area (Å²) in [6, 6.07) is 24.5. The van der Waals surface area contributed by atoms with Gasteiger partial charge in [-0.05, 0) is 36.2 Å². The molecule has 3 aromatic carbocycles. The molecule has 1 heterocycles. The van der Waals surface area contributed by atoms with Crippen molar-refractivity contribution in [2.24, 2.45) is 0 Å². The normalized spacial score (nSPS) is 10.9. The van der Waals surface area contributed by atoms with Crippen LogP contribution in [0.3, 0.4) is 0 Å². The van der Waals surface area contributed by atoms with Gasteiger partial charge in [-0.1, -0.05) is 72.0 Å². The molecule has 0 aliphatic rings. The van der Waals surface area contributed by atoms with Gasteiger partial charge in [0.15, 0.2) is 5.13 Å². The van der Waals surface area contributed by atoms with Crippen LogP contribution >= 0.6 is 11.3 Å². The van der Waals surface area contributed by atoms with Crippen LogP contribution in [0.25, 0.3) is 10.2 Å². The molecular formula is C24H20N2O3S. The number of hydrogen-bond acceptors (Lipinski definition) is 5. The largest absolute Gasteiger partial charge is 0.462 e. The van der Waals surface area contributed by atoms with E-state index in [9.17, 15) is 9.59 Å². The molecule has 0 unspecified atom stereocenters. The van der Waals surface area contributed by atoms with Crippen molar-refractivity contribution in [2.75, 3.05) is 11.9 Å². The lowest BCUT2D eigenvalue weighted by Crippen LogP contribution is -2.22. The van der Waals surface area contributed by atoms with Crippen molar-refractivity contribution in [3.63, 3.8) is 0 Å². The molecule has 1 N–H and O–H groups in total. The van der Waals surface area contributed by atoms with E-state index in [1.807, 2.05) is 60.7 Å². The van der Waals surface area contributed by atoms with Gasteiger partial charge in [0.25, 0.3) is 0 Å². The Morgan fingerprint density at radius 1 is 0.967 bits per heavy atom. The molecule has 0 bridgehead atoms. The molecule has 0 saturated carbocycles. The third kappa shape index (κ3) is 4.23. The minimum absolute atomic E-state index is 0.155. The molecule has 5 nitrogen and oxygen atoms in total. The summed E-state index contributed by atoms with van der Waals surface area (Å²) >= 11 is 1.33. The Balaban J connectivity index is 1.62. The molecule has 150 valence electrons. The molecule has 0 atom stereocenters. The number of carbonyl (C=O) groups is 2. The maximum atomic E-state index is 13.2. The zero-order chi connectivity index (χ0) is 20.9. The third-order valence-electron chi connectivity index (χ3n) is 4.66. The first-order valence-electron chi connectivity index (χ1n) is 9.64. The Labute approximate surface area is 178 Å². The van der Waals surface area contributed by atoms with Crippen LogP contribution in [0.2, 0.25) is 0 Å². The first kappa shape index (κ1) is 19.8. The maximum absolute atomic E-state index is 13.2. The zero-order valence-electron chi connectivity index (χ0n) is 16.4. The first-order valence-corrected chi connectivity index (χ1v) is 10.5. The minimum atomic E-state index is -0.450. The number of hydrogen-bond donors (Lipinski definition) is 1. The highest BCUT2D eigenvalue weighted by Crippen LogP contribution is 2.30. The summed E-state index contributed by atoms with van der Waals surface area (Å²) in [5, 5.41) is 3.45. The van der Waals surface area contributed by atoms with Crippen molar-refractivity contribution in [1.29, 1.82) is 0 Å². The highest BCUT2D eigenvalue weighted by molar-refractivity contribution is 7.22. The topological polar surface area (TPSA) is 68.3 Å². The van der Waals surface area contributed by atoms with E-state index in [-0.39, 0.29) is 11.9 Å². The van der Waals surface area contributed by atoms with Gasteiger partial charge in [-0.15, -0.1) is 0 Å². The van der Waals surface area contributed by atoms with Crippen molar-refractivity contribution in [3.05, 3.63) is 95.6 Å². The van der Waals surface area contributed by atoms with Gasteiger partial charge in [0, 0.05) is 0 Å². The number of anilines is 1. The van der Waals surface area contributed by atoms with E-state index in [4.69, 9.17) is 4.74 Å². The van der Waals surface area contributed by atoms with Gasteiger partial charge in [-0.3, -0.25) is 4.79 Å². The van der Waals surface area contributed by atoms with Gasteiger partial charge < -0.3 is 10.1 Å². The summed E-state index contributed by atoms with van der Waals surface area (Å²) in [6.07, 6.45) is 0. The molecule has 0 aliphatic heterocycles. The summed E-state index contributed by atoms with van der Waals surface area (Å²) in [5.41, 5.74) is 3.01. The number of esters is 1. The van der Waals surface area contributed by atoms with Crippen LogP contribution in [0, 0.1) is 0 Å². The fourth-order valence-electron chi connectivity index (χ4n) is 3.28. The van der Waals surface area contributed by atoms with E-state index in [0.29, 0.717) is 17.3 Å². The van der Waals surface area contributed by atoms with Crippen molar-refractivity contribution < 1.29 is 14.3 Å². The van der Waals surface area contributed by atoms with Gasteiger partial charge in [0.1, 0.15) is 0 Å². The van der Waals surface area contributed by atoms with E-state index in [0.717, 1.165) is 21.3 Å². The van der Waals surface area contributed by atoms with Crippen LogP contribution < -0.4 is 5.32 Å². The highest BCUT2D eigenvalue weighted by Gasteiger charge is 2.23. The lowest BCUT2D eigenvalue weighted by Gasteiger charge is -2.16. The van der Waals surface area contributed by atoms with Crippen LogP contribution in [0.4, 0.5) is 5.13 Å². The highest BCUT2D eigenvalue weighted by atomic mass is 32.1. The number of carbonyl (C=O) groups excluding carboxylic acids is 2. The second-order valence-electron chi connectivity index (χ2n) is 6.67. The van der Waals surface area contributed by atoms with E-state index in [1.54, 1.807) is 25.1 Å². The molecule has 4 aromatic rings. The lowest BCUT2D eigenvalue weighted by molar-refractivity contribution is -0.116. The zero-order valence-corrected chi connectivity index (χ0v) is 17.2. The second kappa shape index (κ2) is 8.88. The van der Waals surface area contributed by atoms with Gasteiger partial charge in [0.05, 0.1) is 28.3 Å². The summed E-state index contributed by atoms with van der Waals surface area (Å²) in [7, 11) is 0. The number of rotatable bonds is 6. The molecule has 1 amide bonds. The van der Waals surface area contributed by atoms with Gasteiger partial charge in [-0.25, -0.2) is 9.78 Å². The third-order valence-corrected chi connectivity index (χ3v) is 5.59. The number of ether oxygens (including phenoxy) is 1. The predicted octanol–water partition coefficient (Wildman–Crippen LogP) is 5.24. The molecule has 0 spiro atoms. The fourth-order valence-corrected chi connectivity index (χ4v) is 4.19. The van der Waals surface area contributed by atoms with Crippen molar-refractivity contribution in [1.82, 2.24) is 4.98 Å². The maximum Gasteiger partial charge on any atom is 0.338 e. The second-order valence-corrected chi connectivity index (χ2v) is 7.70. The molecule has 4 rings (SSSR count). The number of aromatic nitrogens is 1. The molecule has 6 heteroatoms. The van der Waals surface area contributed by atoms with Crippen LogP contribution in [0.15, 0.2) is 78.9 Å². The SMILES string of the molecule is CCOC(=O)c1ccc2nc(NC(=O)C(c3ccccc3)c3ccccc3)sc2c1. The Morgan fingerprint density at radius 2 is 1.60 bits per heavy atom. The molecule has 0 saturated heterocycles. The Hall–Kier alpha value is -3.51. The molecule has 1 aromatic heterocycles. The van der Waals surface area contributed by atoms with Crippen molar-refractivity contribution in [2.45, 2.75) is 12.8 Å². The van der Waals surface area contributed by atoms with Crippen LogP contribution in [-0.4, -0.2) is 23.5 Å². The number of fused-ring (bicyclic) bond motifs is 1. The Morgan fingerprint density at radius 3 is 2.20 bits per heavy atom. The van der Waals surface area contributed by atoms with Crippen molar-refractivity contribution >= 4 is 38.6 Å². The number of thiazole rings is 1. The standard InChI is InChI=1S/C24H20N2O3S/c1-2-29-23(28)18-13-14-19-20(15-18)30-24(25-19)26-22(27)21(16-9-5-3-6-10-16)17-11-7-4-8-12-17/h3-15,21H,2H2,1H3,(H,25,26,27). The van der Waals surface area contributed by atoms with E-state index >= 15 is 0 Å². The predicted molar refractivity (Wildman–Crippen MR) is 119 cm³/mol. The summed E-state index contributed by atoms with van der Waals surface area (Å²) in [6.45, 7) is 2.09. The van der Waals surface area contributed by atoms with E-state index in [2.05, 4.69) is 10.3 Å². The van der Waals surface area contributed by atoms with Gasteiger partial charge in [-0.2, -0.15) is 0 Å². The first-order chi connectivity index (χ1) is 14.7. The molecule has 30 heavy (non-hydrogen) atoms. The number of nitrogens with one attached hydrogen (secondary N) is 1. The minimum Gasteiger partial charge on any atom is -0.462 e. The monoisotopic (exact) mass is 416 g/mol. The van der Waals surface area contributed by atoms with Crippen LogP contribution in [0.1, 0.15) is 34.3 Å². The number of benzene rings is 3. The lowest BCUT2D eigenvalue weighted by atomic mass is 9.90. The summed E-state index contributed by atoms with van der Waals surface area (Å²) < 4.78 is 5.87. The molecule has 0 aliphatic carbocycles. The van der Waals surface area contributed by atoms with Gasteiger partial charge in [0.2, 0.25) is 5.91 Å². The average Bonchev–Trinajstić information content (AvgIpc) is 3.17. The van der Waals surface area contributed by atoms with E-state index < -0.39 is 5.92 Å². The quantitative estimate of drug-likeness (QED) is 0.436. The summed E-state index contributed by atoms with van der Waals surface area (Å²) in [4.78, 5) is 29.7. The average molecular weight is 417 g/mol. The molecular weight excluding hydrogens is 396 g/mol. The van der Waals surface area contributed by atoms with Gasteiger partial charge >= 0.3 is 5.97 Å². The van der Waals surface area contributed by atoms with Crippen LogP contribution in [0.5, 0.6) is 0 Å². The molecule has 0 fully saturated rings. The summed E-state index contributed by atoms with van der Waals surface area (Å²) in [5.74, 6) is -0.974. The van der Waals surface area contributed by atoms with Crippen molar-refractivity contribution in [3.8, 4) is 0 Å². The Kier molecular flexibility index (Phi) is 5.86. The van der Waals surface area contributed by atoms with E-state index in [1.165, 1.54) is 11.3 Å². The number of amides is 1. The number of nitrogens with zero attached hydrogens (tertiary/aromatic N) is 1. The fraction of sp³-hybridized carbons (Fsp3) is 0.125. The Bertz CT molecular complexity index is 1130.